The number of hydrogen-bond acceptors (Lipinski definition) is 7. The van der Waals surface area contributed by atoms with Crippen molar-refractivity contribution in [3.8, 4) is 0 Å². The van der Waals surface area contributed by atoms with Crippen LogP contribution in [0.5, 0.6) is 0 Å². The van der Waals surface area contributed by atoms with Gasteiger partial charge >= 0.3 is 17.6 Å². The van der Waals surface area contributed by atoms with Gasteiger partial charge in [0.25, 0.3) is 5.56 Å². The highest BCUT2D eigenvalue weighted by molar-refractivity contribution is 7.20. The number of fused-ring (bicyclic) bond motifs is 1. The molecule has 0 bridgehead atoms. The van der Waals surface area contributed by atoms with Gasteiger partial charge in [0.05, 0.1) is 24.6 Å². The van der Waals surface area contributed by atoms with Gasteiger partial charge < -0.3 is 14.6 Å². The quantitative estimate of drug-likeness (QED) is 0.404. The van der Waals surface area contributed by atoms with Crippen molar-refractivity contribution in [1.29, 1.82) is 0 Å². The number of nitrogens with zero attached hydrogens (tertiary/aromatic N) is 2. The van der Waals surface area contributed by atoms with Gasteiger partial charge in [0.1, 0.15) is 21.4 Å². The van der Waals surface area contributed by atoms with Crippen LogP contribution in [0.2, 0.25) is 0 Å². The van der Waals surface area contributed by atoms with Crippen LogP contribution in [-0.4, -0.2) is 38.9 Å². The summed E-state index contributed by atoms with van der Waals surface area (Å²) >= 11 is 0.989. The number of thiophene rings is 1. The molecule has 3 rings (SSSR count). The fraction of sp³-hybridized carbons (Fsp3) is 0.462. The lowest BCUT2D eigenvalue weighted by Crippen LogP contribution is -2.52. The molecule has 2 heterocycles. The monoisotopic (exact) mass is 516 g/mol. The first kappa shape index (κ1) is 27.3. The van der Waals surface area contributed by atoms with Crippen molar-refractivity contribution < 1.29 is 24.2 Å². The number of esters is 1. The Labute approximate surface area is 212 Å². The summed E-state index contributed by atoms with van der Waals surface area (Å²) in [5.41, 5.74) is -2.21. The number of carboxylic acid groups (broad SMARTS) is 1. The highest BCUT2D eigenvalue weighted by atomic mass is 32.1. The van der Waals surface area contributed by atoms with Gasteiger partial charge in [0.15, 0.2) is 0 Å². The van der Waals surface area contributed by atoms with E-state index in [1.807, 2.05) is 44.2 Å². The zero-order chi connectivity index (χ0) is 26.8. The Morgan fingerprint density at radius 3 is 2.33 bits per heavy atom. The average Bonchev–Trinajstić information content (AvgIpc) is 3.18. The average molecular weight is 517 g/mol. The van der Waals surface area contributed by atoms with E-state index in [2.05, 4.69) is 0 Å². The van der Waals surface area contributed by atoms with Gasteiger partial charge in [0.2, 0.25) is 0 Å². The second-order valence-corrected chi connectivity index (χ2v) is 10.1. The van der Waals surface area contributed by atoms with E-state index in [-0.39, 0.29) is 34.3 Å². The lowest BCUT2D eigenvalue weighted by Gasteiger charge is -2.26. The van der Waals surface area contributed by atoms with Crippen LogP contribution in [0, 0.1) is 6.92 Å². The number of benzene rings is 1. The third-order valence-corrected chi connectivity index (χ3v) is 7.54. The van der Waals surface area contributed by atoms with E-state index < -0.39 is 34.8 Å². The van der Waals surface area contributed by atoms with E-state index in [9.17, 15) is 24.3 Å². The predicted molar refractivity (Wildman–Crippen MR) is 138 cm³/mol. The third-order valence-electron chi connectivity index (χ3n) is 6.25. The Bertz CT molecular complexity index is 1390. The molecule has 0 radical (unpaired) electrons. The lowest BCUT2D eigenvalue weighted by molar-refractivity contribution is -0.146. The summed E-state index contributed by atoms with van der Waals surface area (Å²) in [7, 11) is 0. The summed E-state index contributed by atoms with van der Waals surface area (Å²) in [4.78, 5) is 52.5. The van der Waals surface area contributed by atoms with Crippen molar-refractivity contribution >= 4 is 33.5 Å². The van der Waals surface area contributed by atoms with Crippen LogP contribution in [0.1, 0.15) is 67.9 Å². The molecule has 0 aliphatic rings. The molecule has 0 amide bonds. The van der Waals surface area contributed by atoms with Gasteiger partial charge in [-0.3, -0.25) is 9.36 Å². The molecule has 0 saturated heterocycles. The number of aliphatic carboxylic acids is 1. The molecule has 0 aliphatic carbocycles. The zero-order valence-electron chi connectivity index (χ0n) is 21.4. The van der Waals surface area contributed by atoms with Crippen LogP contribution in [-0.2, 0) is 26.4 Å². The summed E-state index contributed by atoms with van der Waals surface area (Å²) in [6, 6.07) is 9.37. The van der Waals surface area contributed by atoms with Crippen LogP contribution in [0.15, 0.2) is 39.9 Å². The van der Waals surface area contributed by atoms with E-state index in [4.69, 9.17) is 9.47 Å². The molecular weight excluding hydrogens is 484 g/mol. The summed E-state index contributed by atoms with van der Waals surface area (Å²) in [6.45, 7) is 9.95. The Kier molecular flexibility index (Phi) is 8.20. The smallest absolute Gasteiger partial charge is 0.348 e. The number of hydrogen-bond donors (Lipinski definition) is 1. The standard InChI is InChI=1S/C26H32N2O7S/c1-7-15(3)35-18(17-12-10-9-11-13-17)14-27-22-19(16(4)20(36-22)23(30)34-8-2)21(29)28(25(27)33)26(5,6)24(31)32/h9-13,15,18H,7-8,14H2,1-6H3,(H,31,32)/t15?,18-/m0/s1. The topological polar surface area (TPSA) is 117 Å². The zero-order valence-corrected chi connectivity index (χ0v) is 22.2. The summed E-state index contributed by atoms with van der Waals surface area (Å²) in [5.74, 6) is -1.93. The number of carbonyl (C=O) groups excluding carboxylic acids is 1. The minimum atomic E-state index is -1.83. The molecule has 1 aromatic carbocycles. The lowest BCUT2D eigenvalue weighted by atomic mass is 10.1. The SMILES string of the molecule is CCOC(=O)c1sc2c(c1C)c(=O)n(C(C)(C)C(=O)O)c(=O)n2C[C@H](OC(C)CC)c1ccccc1. The molecule has 9 nitrogen and oxygen atoms in total. The molecule has 2 atom stereocenters. The van der Waals surface area contributed by atoms with Crippen LogP contribution in [0.3, 0.4) is 0 Å². The Morgan fingerprint density at radius 1 is 1.14 bits per heavy atom. The second-order valence-electron chi connectivity index (χ2n) is 9.11. The van der Waals surface area contributed by atoms with Crippen LogP contribution >= 0.6 is 11.3 Å². The number of carboxylic acids is 1. The molecule has 10 heteroatoms. The normalized spacial score (nSPS) is 13.5. The van der Waals surface area contributed by atoms with Crippen LogP contribution in [0.25, 0.3) is 10.2 Å². The van der Waals surface area contributed by atoms with E-state index in [0.717, 1.165) is 27.9 Å². The van der Waals surface area contributed by atoms with Gasteiger partial charge in [0, 0.05) is 0 Å². The van der Waals surface area contributed by atoms with Crippen molar-refractivity contribution in [3.63, 3.8) is 0 Å². The van der Waals surface area contributed by atoms with E-state index >= 15 is 0 Å². The maximum atomic E-state index is 13.8. The Morgan fingerprint density at radius 2 is 1.78 bits per heavy atom. The van der Waals surface area contributed by atoms with Gasteiger partial charge in [-0.25, -0.2) is 19.0 Å². The number of aromatic nitrogens is 2. The molecule has 1 unspecified atom stereocenters. The fourth-order valence-corrected chi connectivity index (χ4v) is 5.12. The number of carbonyl (C=O) groups is 2. The molecule has 0 aliphatic heterocycles. The van der Waals surface area contributed by atoms with Gasteiger partial charge in [-0.1, -0.05) is 37.3 Å². The molecule has 0 fully saturated rings. The van der Waals surface area contributed by atoms with Crippen molar-refractivity contribution in [2.45, 2.75) is 72.3 Å². The molecule has 194 valence electrons. The highest BCUT2D eigenvalue weighted by Crippen LogP contribution is 2.31. The molecular formula is C26H32N2O7S. The molecule has 1 N–H and O–H groups in total. The highest BCUT2D eigenvalue weighted by Gasteiger charge is 2.36. The molecule has 0 spiro atoms. The number of aryl methyl sites for hydroxylation is 1. The van der Waals surface area contributed by atoms with Crippen LogP contribution in [0.4, 0.5) is 0 Å². The summed E-state index contributed by atoms with van der Waals surface area (Å²) < 4.78 is 13.5. The molecule has 3 aromatic rings. The van der Waals surface area contributed by atoms with E-state index in [1.165, 1.54) is 18.4 Å². The van der Waals surface area contributed by atoms with Gasteiger partial charge in [-0.15, -0.1) is 11.3 Å². The Balaban J connectivity index is 2.37. The first-order chi connectivity index (χ1) is 16.9. The maximum Gasteiger partial charge on any atom is 0.348 e. The minimum absolute atomic E-state index is 0.0158. The Hall–Kier alpha value is -3.24. The van der Waals surface area contributed by atoms with E-state index in [1.54, 1.807) is 13.8 Å². The number of ether oxygens (including phenoxy) is 2. The maximum absolute atomic E-state index is 13.8. The fourth-order valence-electron chi connectivity index (χ4n) is 3.92. The van der Waals surface area contributed by atoms with Gasteiger partial charge in [-0.2, -0.15) is 0 Å². The van der Waals surface area contributed by atoms with Gasteiger partial charge in [-0.05, 0) is 52.2 Å². The largest absolute Gasteiger partial charge is 0.480 e. The van der Waals surface area contributed by atoms with Crippen molar-refractivity contribution in [1.82, 2.24) is 9.13 Å². The summed E-state index contributed by atoms with van der Waals surface area (Å²) in [6.07, 6.45) is 0.0573. The molecule has 36 heavy (non-hydrogen) atoms. The predicted octanol–water partition coefficient (Wildman–Crippen LogP) is 4.09. The third kappa shape index (κ3) is 5.01. The minimum Gasteiger partial charge on any atom is -0.480 e. The first-order valence-corrected chi connectivity index (χ1v) is 12.7. The summed E-state index contributed by atoms with van der Waals surface area (Å²) in [5, 5.41) is 9.96. The van der Waals surface area contributed by atoms with Crippen molar-refractivity contribution in [2.75, 3.05) is 6.61 Å². The van der Waals surface area contributed by atoms with Crippen molar-refractivity contribution in [3.05, 3.63) is 67.2 Å². The number of rotatable bonds is 10. The van der Waals surface area contributed by atoms with Crippen molar-refractivity contribution in [2.24, 2.45) is 0 Å². The van der Waals surface area contributed by atoms with Crippen LogP contribution < -0.4 is 11.2 Å². The molecule has 0 saturated carbocycles. The second kappa shape index (κ2) is 10.8. The van der Waals surface area contributed by atoms with E-state index in [0.29, 0.717) is 5.56 Å². The molecule has 2 aromatic heterocycles. The first-order valence-electron chi connectivity index (χ1n) is 11.9.